The summed E-state index contributed by atoms with van der Waals surface area (Å²) in [6.45, 7) is 0.703. The SMILES string of the molecule is CC(=O)OCCC1C(F)(F)C1(F)F. The van der Waals surface area contributed by atoms with E-state index in [1.165, 1.54) is 0 Å². The van der Waals surface area contributed by atoms with Crippen molar-refractivity contribution >= 4 is 5.97 Å². The first kappa shape index (κ1) is 10.3. The van der Waals surface area contributed by atoms with Crippen LogP contribution in [0.5, 0.6) is 0 Å². The molecule has 0 unspecified atom stereocenters. The van der Waals surface area contributed by atoms with Crippen LogP contribution in [0.4, 0.5) is 17.6 Å². The smallest absolute Gasteiger partial charge is 0.319 e. The molecular formula is C7H8F4O2. The molecule has 0 saturated heterocycles. The zero-order valence-corrected chi connectivity index (χ0v) is 6.82. The third kappa shape index (κ3) is 1.62. The van der Waals surface area contributed by atoms with Crippen molar-refractivity contribution in [2.45, 2.75) is 25.2 Å². The van der Waals surface area contributed by atoms with E-state index < -0.39 is 30.2 Å². The first-order valence-corrected chi connectivity index (χ1v) is 3.69. The minimum atomic E-state index is -3.92. The topological polar surface area (TPSA) is 26.3 Å². The van der Waals surface area contributed by atoms with Gasteiger partial charge in [-0.1, -0.05) is 0 Å². The lowest BCUT2D eigenvalue weighted by Crippen LogP contribution is -2.03. The molecule has 1 rings (SSSR count). The van der Waals surface area contributed by atoms with Crippen LogP contribution in [0.1, 0.15) is 13.3 Å². The summed E-state index contributed by atoms with van der Waals surface area (Å²) in [5.74, 6) is -10.5. The number of carbonyl (C=O) groups is 1. The monoisotopic (exact) mass is 200 g/mol. The van der Waals surface area contributed by atoms with E-state index in [2.05, 4.69) is 4.74 Å². The Balaban J connectivity index is 2.30. The zero-order chi connectivity index (χ0) is 10.3. The third-order valence-electron chi connectivity index (χ3n) is 1.95. The molecule has 6 heteroatoms. The van der Waals surface area contributed by atoms with E-state index in [0.717, 1.165) is 6.92 Å². The van der Waals surface area contributed by atoms with Crippen molar-refractivity contribution in [3.63, 3.8) is 0 Å². The molecule has 1 aliphatic carbocycles. The Hall–Kier alpha value is -0.810. The predicted octanol–water partition coefficient (Wildman–Crippen LogP) is 1.84. The summed E-state index contributed by atoms with van der Waals surface area (Å²) in [7, 11) is 0. The molecule has 0 spiro atoms. The summed E-state index contributed by atoms with van der Waals surface area (Å²) >= 11 is 0. The number of alkyl halides is 4. The van der Waals surface area contributed by atoms with Crippen molar-refractivity contribution in [2.75, 3.05) is 6.61 Å². The highest BCUT2D eigenvalue weighted by atomic mass is 19.3. The van der Waals surface area contributed by atoms with Gasteiger partial charge in [-0.3, -0.25) is 4.79 Å². The molecule has 0 heterocycles. The van der Waals surface area contributed by atoms with Crippen LogP contribution in [0.25, 0.3) is 0 Å². The number of carbonyl (C=O) groups excluding carboxylic acids is 1. The van der Waals surface area contributed by atoms with Crippen molar-refractivity contribution in [2.24, 2.45) is 5.92 Å². The van der Waals surface area contributed by atoms with E-state index in [9.17, 15) is 22.4 Å². The number of esters is 1. The molecule has 0 N–H and O–H groups in total. The Morgan fingerprint density at radius 1 is 1.31 bits per heavy atom. The van der Waals surface area contributed by atoms with Crippen LogP contribution in [-0.4, -0.2) is 24.4 Å². The van der Waals surface area contributed by atoms with E-state index >= 15 is 0 Å². The highest BCUT2D eigenvalue weighted by Gasteiger charge is 2.84. The lowest BCUT2D eigenvalue weighted by Gasteiger charge is -1.98. The number of halogens is 4. The average Bonchev–Trinajstić information content (AvgIpc) is 2.30. The minimum absolute atomic E-state index is 0.384. The van der Waals surface area contributed by atoms with Crippen molar-refractivity contribution in [1.82, 2.24) is 0 Å². The molecule has 0 aromatic heterocycles. The van der Waals surface area contributed by atoms with Crippen LogP contribution >= 0.6 is 0 Å². The normalized spacial score (nSPS) is 24.1. The quantitative estimate of drug-likeness (QED) is 0.513. The van der Waals surface area contributed by atoms with Gasteiger partial charge in [-0.2, -0.15) is 17.6 Å². The van der Waals surface area contributed by atoms with Gasteiger partial charge in [-0.15, -0.1) is 0 Å². The summed E-state index contributed by atoms with van der Waals surface area (Å²) in [5.41, 5.74) is 0. The molecular weight excluding hydrogens is 192 g/mol. The molecule has 0 atom stereocenters. The maximum atomic E-state index is 12.2. The van der Waals surface area contributed by atoms with Gasteiger partial charge in [-0.05, 0) is 6.42 Å². The molecule has 0 bridgehead atoms. The number of ether oxygens (including phenoxy) is 1. The van der Waals surface area contributed by atoms with E-state index in [0.29, 0.717) is 0 Å². The Kier molecular flexibility index (Phi) is 2.25. The first-order chi connectivity index (χ1) is 5.80. The van der Waals surface area contributed by atoms with Crippen LogP contribution in [0.3, 0.4) is 0 Å². The molecule has 0 amide bonds. The molecule has 2 nitrogen and oxygen atoms in total. The van der Waals surface area contributed by atoms with Gasteiger partial charge in [0.15, 0.2) is 0 Å². The highest BCUT2D eigenvalue weighted by Crippen LogP contribution is 2.64. The molecule has 76 valence electrons. The maximum Gasteiger partial charge on any atom is 0.319 e. The second-order valence-corrected chi connectivity index (χ2v) is 2.93. The van der Waals surface area contributed by atoms with Crippen molar-refractivity contribution < 1.29 is 27.1 Å². The second kappa shape index (κ2) is 2.85. The summed E-state index contributed by atoms with van der Waals surface area (Å²) in [5, 5.41) is 0. The fourth-order valence-corrected chi connectivity index (χ4v) is 1.09. The van der Waals surface area contributed by atoms with Gasteiger partial charge >= 0.3 is 17.8 Å². The van der Waals surface area contributed by atoms with Gasteiger partial charge in [0.05, 0.1) is 6.61 Å². The second-order valence-electron chi connectivity index (χ2n) is 2.93. The van der Waals surface area contributed by atoms with Gasteiger partial charge in [-0.25, -0.2) is 0 Å². The Morgan fingerprint density at radius 3 is 2.08 bits per heavy atom. The summed E-state index contributed by atoms with van der Waals surface area (Å²) in [6.07, 6.45) is -0.500. The van der Waals surface area contributed by atoms with Crippen LogP contribution in [0.15, 0.2) is 0 Å². The van der Waals surface area contributed by atoms with E-state index in [1.54, 1.807) is 0 Å². The highest BCUT2D eigenvalue weighted by molar-refractivity contribution is 5.65. The van der Waals surface area contributed by atoms with E-state index in [4.69, 9.17) is 0 Å². The number of hydrogen-bond donors (Lipinski definition) is 0. The Bertz CT molecular complexity index is 213. The lowest BCUT2D eigenvalue weighted by molar-refractivity contribution is -0.141. The van der Waals surface area contributed by atoms with Crippen molar-refractivity contribution in [3.8, 4) is 0 Å². The van der Waals surface area contributed by atoms with Gasteiger partial charge in [0.1, 0.15) is 5.92 Å². The number of hydrogen-bond acceptors (Lipinski definition) is 2. The van der Waals surface area contributed by atoms with Crippen LogP contribution in [-0.2, 0) is 9.53 Å². The van der Waals surface area contributed by atoms with Gasteiger partial charge < -0.3 is 4.74 Å². The van der Waals surface area contributed by atoms with Crippen LogP contribution in [0.2, 0.25) is 0 Å². The predicted molar refractivity (Wildman–Crippen MR) is 34.6 cm³/mol. The molecule has 0 aromatic carbocycles. The molecule has 1 fully saturated rings. The van der Waals surface area contributed by atoms with Crippen molar-refractivity contribution in [1.29, 1.82) is 0 Å². The van der Waals surface area contributed by atoms with E-state index in [1.807, 2.05) is 0 Å². The fraction of sp³-hybridized carbons (Fsp3) is 0.857. The van der Waals surface area contributed by atoms with Crippen molar-refractivity contribution in [3.05, 3.63) is 0 Å². The van der Waals surface area contributed by atoms with Gasteiger partial charge in [0, 0.05) is 6.92 Å². The van der Waals surface area contributed by atoms with E-state index in [-0.39, 0.29) is 6.61 Å². The standard InChI is InChI=1S/C7H8F4O2/c1-4(12)13-3-2-5-6(8,9)7(5,10)11/h5H,2-3H2,1H3. The third-order valence-corrected chi connectivity index (χ3v) is 1.95. The average molecular weight is 200 g/mol. The van der Waals surface area contributed by atoms with Crippen LogP contribution < -0.4 is 0 Å². The van der Waals surface area contributed by atoms with Crippen LogP contribution in [0, 0.1) is 5.92 Å². The molecule has 1 aliphatic rings. The first-order valence-electron chi connectivity index (χ1n) is 3.69. The lowest BCUT2D eigenvalue weighted by atomic mass is 10.3. The number of rotatable bonds is 3. The maximum absolute atomic E-state index is 12.2. The molecule has 1 saturated carbocycles. The molecule has 13 heavy (non-hydrogen) atoms. The minimum Gasteiger partial charge on any atom is -0.466 e. The van der Waals surface area contributed by atoms with Gasteiger partial charge in [0.2, 0.25) is 0 Å². The fourth-order valence-electron chi connectivity index (χ4n) is 1.09. The Labute approximate surface area is 71.9 Å². The summed E-state index contributed by atoms with van der Waals surface area (Å²) in [4.78, 5) is 10.2. The zero-order valence-electron chi connectivity index (χ0n) is 6.82. The molecule has 0 radical (unpaired) electrons. The summed E-state index contributed by atoms with van der Waals surface area (Å²) < 4.78 is 53.1. The summed E-state index contributed by atoms with van der Waals surface area (Å²) in [6, 6.07) is 0. The molecule has 0 aromatic rings. The van der Waals surface area contributed by atoms with Gasteiger partial charge in [0.25, 0.3) is 0 Å². The largest absolute Gasteiger partial charge is 0.466 e. The molecule has 0 aliphatic heterocycles. The Morgan fingerprint density at radius 2 is 1.77 bits per heavy atom.